The van der Waals surface area contributed by atoms with Crippen molar-refractivity contribution in [2.45, 2.75) is 19.3 Å². The van der Waals surface area contributed by atoms with Crippen LogP contribution in [0.5, 0.6) is 0 Å². The molecule has 1 saturated heterocycles. The molecule has 0 amide bonds. The van der Waals surface area contributed by atoms with Crippen LogP contribution in [0, 0.1) is 5.92 Å². The van der Waals surface area contributed by atoms with Crippen molar-refractivity contribution < 1.29 is 0 Å². The van der Waals surface area contributed by atoms with Crippen LogP contribution in [0.25, 0.3) is 0 Å². The second kappa shape index (κ2) is 6.72. The van der Waals surface area contributed by atoms with Gasteiger partial charge in [0.25, 0.3) is 0 Å². The topological polar surface area (TPSA) is 63.0 Å². The Hall–Kier alpha value is -2.18. The summed E-state index contributed by atoms with van der Waals surface area (Å²) in [7, 11) is 3.93. The maximum Gasteiger partial charge on any atom is 0.244 e. The maximum atomic E-state index is 4.09. The summed E-state index contributed by atoms with van der Waals surface area (Å²) in [5.74, 6) is 1.61. The van der Waals surface area contributed by atoms with Crippen LogP contribution in [0.2, 0.25) is 0 Å². The second-order valence-corrected chi connectivity index (χ2v) is 5.95. The molecule has 22 heavy (non-hydrogen) atoms. The Balaban J connectivity index is 1.45. The van der Waals surface area contributed by atoms with E-state index in [2.05, 4.69) is 49.5 Å². The normalized spacial score (nSPS) is 16.0. The van der Waals surface area contributed by atoms with Gasteiger partial charge < -0.3 is 9.80 Å². The zero-order chi connectivity index (χ0) is 15.4. The highest BCUT2D eigenvalue weighted by atomic mass is 15.6. The molecule has 0 bridgehead atoms. The van der Waals surface area contributed by atoms with Crippen LogP contribution < -0.4 is 9.80 Å². The minimum absolute atomic E-state index is 0.779. The average Bonchev–Trinajstić information content (AvgIpc) is 3.00. The Morgan fingerprint density at radius 1 is 1.23 bits per heavy atom. The van der Waals surface area contributed by atoms with Crippen LogP contribution in [-0.2, 0) is 7.05 Å². The molecular weight excluding hydrogens is 278 g/mol. The Morgan fingerprint density at radius 2 is 1.95 bits per heavy atom. The molecule has 0 unspecified atom stereocenters. The molecule has 118 valence electrons. The molecule has 1 aliphatic rings. The molecule has 0 aromatic carbocycles. The molecule has 0 saturated carbocycles. The Labute approximate surface area is 130 Å². The average molecular weight is 301 g/mol. The quantitative estimate of drug-likeness (QED) is 0.830. The lowest BCUT2D eigenvalue weighted by Gasteiger charge is -2.34. The summed E-state index contributed by atoms with van der Waals surface area (Å²) in [6.07, 6.45) is 7.41. The lowest BCUT2D eigenvalue weighted by molar-refractivity contribution is 0.383. The summed E-state index contributed by atoms with van der Waals surface area (Å²) < 4.78 is 1.71. The molecule has 3 heterocycles. The molecule has 1 fully saturated rings. The lowest BCUT2D eigenvalue weighted by Crippen LogP contribution is -2.35. The van der Waals surface area contributed by atoms with E-state index in [9.17, 15) is 0 Å². The molecule has 0 aliphatic carbocycles. The SMILES string of the molecule is CN(CCC1CCN(c2ccncc2)CC1)c1nnnn1C. The van der Waals surface area contributed by atoms with E-state index >= 15 is 0 Å². The largest absolute Gasteiger partial charge is 0.371 e. The van der Waals surface area contributed by atoms with Crippen molar-refractivity contribution in [3.63, 3.8) is 0 Å². The highest BCUT2D eigenvalue weighted by Crippen LogP contribution is 2.25. The number of aryl methyl sites for hydroxylation is 1. The van der Waals surface area contributed by atoms with Crippen LogP contribution >= 0.6 is 0 Å². The molecular formula is C15H23N7. The lowest BCUT2D eigenvalue weighted by atomic mass is 9.93. The maximum absolute atomic E-state index is 4.09. The summed E-state index contributed by atoms with van der Waals surface area (Å²) in [6.45, 7) is 3.25. The minimum atomic E-state index is 0.779. The first kappa shape index (κ1) is 14.7. The predicted molar refractivity (Wildman–Crippen MR) is 85.9 cm³/mol. The van der Waals surface area contributed by atoms with Gasteiger partial charge in [0.15, 0.2) is 0 Å². The highest BCUT2D eigenvalue weighted by Gasteiger charge is 2.20. The molecule has 1 aliphatic heterocycles. The number of pyridine rings is 1. The highest BCUT2D eigenvalue weighted by molar-refractivity contribution is 5.44. The van der Waals surface area contributed by atoms with Crippen molar-refractivity contribution in [1.29, 1.82) is 0 Å². The monoisotopic (exact) mass is 301 g/mol. The Bertz CT molecular complexity index is 575. The van der Waals surface area contributed by atoms with Crippen molar-refractivity contribution in [3.8, 4) is 0 Å². The van der Waals surface area contributed by atoms with E-state index < -0.39 is 0 Å². The fourth-order valence-corrected chi connectivity index (χ4v) is 3.06. The fourth-order valence-electron chi connectivity index (χ4n) is 3.06. The molecule has 0 N–H and O–H groups in total. The molecule has 7 nitrogen and oxygen atoms in total. The standard InChI is InChI=1S/C15H23N7/c1-20(15-17-18-19-21(15)2)10-5-13-6-11-22(12-7-13)14-3-8-16-9-4-14/h3-4,8-9,13H,5-7,10-12H2,1-2H3. The summed E-state index contributed by atoms with van der Waals surface area (Å²) in [4.78, 5) is 8.67. The molecule has 0 radical (unpaired) electrons. The van der Waals surface area contributed by atoms with Gasteiger partial charge in [-0.05, 0) is 47.7 Å². The van der Waals surface area contributed by atoms with Gasteiger partial charge in [-0.15, -0.1) is 0 Å². The number of rotatable bonds is 5. The number of piperidine rings is 1. The third-order valence-electron chi connectivity index (χ3n) is 4.45. The van der Waals surface area contributed by atoms with Gasteiger partial charge in [-0.2, -0.15) is 0 Å². The van der Waals surface area contributed by atoms with E-state index in [1.165, 1.54) is 24.9 Å². The number of aromatic nitrogens is 5. The van der Waals surface area contributed by atoms with E-state index in [1.54, 1.807) is 4.68 Å². The van der Waals surface area contributed by atoms with E-state index in [0.717, 1.165) is 31.5 Å². The van der Waals surface area contributed by atoms with E-state index in [0.29, 0.717) is 0 Å². The Kier molecular flexibility index (Phi) is 4.50. The van der Waals surface area contributed by atoms with Crippen LogP contribution in [0.1, 0.15) is 19.3 Å². The van der Waals surface area contributed by atoms with Crippen LogP contribution in [0.3, 0.4) is 0 Å². The fraction of sp³-hybridized carbons (Fsp3) is 0.600. The molecule has 2 aromatic rings. The van der Waals surface area contributed by atoms with Gasteiger partial charge in [0.1, 0.15) is 0 Å². The first-order valence-corrected chi connectivity index (χ1v) is 7.82. The molecule has 3 rings (SSSR count). The van der Waals surface area contributed by atoms with Crippen LogP contribution in [-0.4, -0.2) is 51.9 Å². The third kappa shape index (κ3) is 3.35. The van der Waals surface area contributed by atoms with Gasteiger partial charge in [-0.3, -0.25) is 4.98 Å². The zero-order valence-corrected chi connectivity index (χ0v) is 13.3. The predicted octanol–water partition coefficient (Wildman–Crippen LogP) is 1.35. The number of anilines is 2. The molecule has 7 heteroatoms. The minimum Gasteiger partial charge on any atom is -0.371 e. The summed E-state index contributed by atoms with van der Waals surface area (Å²) >= 11 is 0. The van der Waals surface area contributed by atoms with Crippen molar-refractivity contribution >= 4 is 11.6 Å². The molecule has 0 atom stereocenters. The number of hydrogen-bond donors (Lipinski definition) is 0. The zero-order valence-electron chi connectivity index (χ0n) is 13.3. The number of tetrazole rings is 1. The van der Waals surface area contributed by atoms with Gasteiger partial charge in [-0.1, -0.05) is 5.10 Å². The van der Waals surface area contributed by atoms with Gasteiger partial charge in [-0.25, -0.2) is 4.68 Å². The van der Waals surface area contributed by atoms with Crippen molar-refractivity contribution in [1.82, 2.24) is 25.2 Å². The van der Waals surface area contributed by atoms with Crippen molar-refractivity contribution in [3.05, 3.63) is 24.5 Å². The van der Waals surface area contributed by atoms with Gasteiger partial charge in [0.2, 0.25) is 5.95 Å². The van der Waals surface area contributed by atoms with E-state index in [-0.39, 0.29) is 0 Å². The molecule has 2 aromatic heterocycles. The van der Waals surface area contributed by atoms with Gasteiger partial charge in [0.05, 0.1) is 0 Å². The smallest absolute Gasteiger partial charge is 0.244 e. The summed E-state index contributed by atoms with van der Waals surface area (Å²) in [5.41, 5.74) is 1.29. The first-order chi connectivity index (χ1) is 10.7. The van der Waals surface area contributed by atoms with Crippen LogP contribution in [0.4, 0.5) is 11.6 Å². The van der Waals surface area contributed by atoms with Crippen molar-refractivity contribution in [2.75, 3.05) is 36.5 Å². The van der Waals surface area contributed by atoms with Gasteiger partial charge in [0, 0.05) is 51.8 Å². The van der Waals surface area contributed by atoms with E-state index in [1.807, 2.05) is 19.4 Å². The van der Waals surface area contributed by atoms with Crippen molar-refractivity contribution in [2.24, 2.45) is 13.0 Å². The summed E-state index contributed by atoms with van der Waals surface area (Å²) in [6, 6.07) is 4.18. The Morgan fingerprint density at radius 3 is 2.59 bits per heavy atom. The number of hydrogen-bond acceptors (Lipinski definition) is 6. The third-order valence-corrected chi connectivity index (χ3v) is 4.45. The van der Waals surface area contributed by atoms with Crippen LogP contribution in [0.15, 0.2) is 24.5 Å². The summed E-state index contributed by atoms with van der Waals surface area (Å²) in [5, 5.41) is 11.6. The van der Waals surface area contributed by atoms with E-state index in [4.69, 9.17) is 0 Å². The second-order valence-electron chi connectivity index (χ2n) is 5.95. The molecule has 0 spiro atoms. The first-order valence-electron chi connectivity index (χ1n) is 7.82. The van der Waals surface area contributed by atoms with Gasteiger partial charge >= 0.3 is 0 Å². The number of nitrogens with zero attached hydrogens (tertiary/aromatic N) is 7.